The highest BCUT2D eigenvalue weighted by Crippen LogP contribution is 2.30. The molecule has 30 heavy (non-hydrogen) atoms. The van der Waals surface area contributed by atoms with Gasteiger partial charge in [0.25, 0.3) is 5.91 Å². The summed E-state index contributed by atoms with van der Waals surface area (Å²) in [5.41, 5.74) is 3.83. The summed E-state index contributed by atoms with van der Waals surface area (Å²) in [5.74, 6) is -1.01. The van der Waals surface area contributed by atoms with Crippen molar-refractivity contribution in [3.8, 4) is 0 Å². The zero-order chi connectivity index (χ0) is 21.9. The van der Waals surface area contributed by atoms with Crippen LogP contribution in [0.1, 0.15) is 46.9 Å². The van der Waals surface area contributed by atoms with Crippen molar-refractivity contribution in [3.05, 3.63) is 64.7 Å². The van der Waals surface area contributed by atoms with Crippen LogP contribution in [0.3, 0.4) is 0 Å². The number of amides is 1. The van der Waals surface area contributed by atoms with Gasteiger partial charge in [-0.25, -0.2) is 13.2 Å². The van der Waals surface area contributed by atoms with E-state index in [4.69, 9.17) is 4.74 Å². The van der Waals surface area contributed by atoms with Crippen molar-refractivity contribution in [2.24, 2.45) is 0 Å². The Morgan fingerprint density at radius 2 is 1.87 bits per heavy atom. The highest BCUT2D eigenvalue weighted by molar-refractivity contribution is 7.92. The maximum Gasteiger partial charge on any atom is 0.338 e. The second kappa shape index (κ2) is 8.87. The molecule has 160 valence electrons. The van der Waals surface area contributed by atoms with Crippen LogP contribution in [0.2, 0.25) is 0 Å². The zero-order valence-electron chi connectivity index (χ0n) is 17.3. The first-order chi connectivity index (χ1) is 14.2. The number of nitrogens with one attached hydrogen (secondary N) is 1. The number of anilines is 1. The normalized spacial score (nSPS) is 14.2. The largest absolute Gasteiger partial charge is 0.452 e. The number of rotatable bonds is 7. The lowest BCUT2D eigenvalue weighted by molar-refractivity contribution is -0.124. The number of carbonyl (C=O) groups excluding carboxylic acids is 2. The van der Waals surface area contributed by atoms with Crippen molar-refractivity contribution >= 4 is 27.6 Å². The molecule has 7 nitrogen and oxygen atoms in total. The number of benzene rings is 2. The molecule has 1 N–H and O–H groups in total. The third-order valence-corrected chi connectivity index (χ3v) is 6.35. The Hall–Kier alpha value is -2.87. The average molecular weight is 431 g/mol. The minimum absolute atomic E-state index is 0.205. The van der Waals surface area contributed by atoms with Crippen LogP contribution in [0, 0.1) is 0 Å². The summed E-state index contributed by atoms with van der Waals surface area (Å²) >= 11 is 0. The highest BCUT2D eigenvalue weighted by atomic mass is 32.2. The monoisotopic (exact) mass is 430 g/mol. The lowest BCUT2D eigenvalue weighted by atomic mass is 10.1. The predicted molar refractivity (Wildman–Crippen MR) is 115 cm³/mol. The second-order valence-corrected chi connectivity index (χ2v) is 9.30. The van der Waals surface area contributed by atoms with E-state index in [0.717, 1.165) is 23.8 Å². The fourth-order valence-corrected chi connectivity index (χ4v) is 4.42. The number of ether oxygens (including phenoxy) is 1. The summed E-state index contributed by atoms with van der Waals surface area (Å²) in [4.78, 5) is 24.5. The van der Waals surface area contributed by atoms with E-state index in [-0.39, 0.29) is 18.6 Å². The molecule has 0 saturated carbocycles. The first kappa shape index (κ1) is 21.8. The van der Waals surface area contributed by atoms with Gasteiger partial charge in [0.05, 0.1) is 23.5 Å². The fourth-order valence-electron chi connectivity index (χ4n) is 3.47. The van der Waals surface area contributed by atoms with Crippen molar-refractivity contribution in [1.29, 1.82) is 0 Å². The number of hydrogen-bond donors (Lipinski definition) is 1. The number of hydrogen-bond acceptors (Lipinski definition) is 5. The molecule has 1 amide bonds. The zero-order valence-corrected chi connectivity index (χ0v) is 18.2. The van der Waals surface area contributed by atoms with E-state index >= 15 is 0 Å². The van der Waals surface area contributed by atoms with Crippen molar-refractivity contribution in [2.75, 3.05) is 23.7 Å². The minimum Gasteiger partial charge on any atom is -0.452 e. The van der Waals surface area contributed by atoms with Gasteiger partial charge in [0.2, 0.25) is 10.0 Å². The number of aryl methyl sites for hydroxylation is 1. The fraction of sp³-hybridized carbons (Fsp3) is 0.364. The summed E-state index contributed by atoms with van der Waals surface area (Å²) in [7, 11) is -3.34. The smallest absolute Gasteiger partial charge is 0.338 e. The van der Waals surface area contributed by atoms with Gasteiger partial charge in [0.1, 0.15) is 0 Å². The number of carbonyl (C=O) groups is 2. The molecule has 0 saturated heterocycles. The Bertz CT molecular complexity index is 1050. The van der Waals surface area contributed by atoms with Crippen LogP contribution in [0.5, 0.6) is 0 Å². The summed E-state index contributed by atoms with van der Waals surface area (Å²) in [5, 5.41) is 2.82. The maximum atomic E-state index is 12.3. The van der Waals surface area contributed by atoms with Crippen LogP contribution in [0.4, 0.5) is 5.69 Å². The molecule has 0 fully saturated rings. The van der Waals surface area contributed by atoms with Crippen molar-refractivity contribution in [2.45, 2.75) is 32.7 Å². The first-order valence-electron chi connectivity index (χ1n) is 9.85. The maximum absolute atomic E-state index is 12.3. The Kier molecular flexibility index (Phi) is 6.45. The van der Waals surface area contributed by atoms with Gasteiger partial charge >= 0.3 is 5.97 Å². The molecule has 0 bridgehead atoms. The van der Waals surface area contributed by atoms with Gasteiger partial charge in [-0.3, -0.25) is 9.10 Å². The van der Waals surface area contributed by atoms with E-state index in [1.54, 1.807) is 12.1 Å². The third-order valence-electron chi connectivity index (χ3n) is 5.17. The van der Waals surface area contributed by atoms with Crippen molar-refractivity contribution < 1.29 is 22.7 Å². The predicted octanol–water partition coefficient (Wildman–Crippen LogP) is 2.61. The summed E-state index contributed by atoms with van der Waals surface area (Å²) < 4.78 is 30.1. The van der Waals surface area contributed by atoms with E-state index in [9.17, 15) is 18.0 Å². The Morgan fingerprint density at radius 3 is 2.50 bits per heavy atom. The molecule has 0 spiro atoms. The summed E-state index contributed by atoms with van der Waals surface area (Å²) in [6.45, 7) is 3.92. The van der Waals surface area contributed by atoms with Gasteiger partial charge < -0.3 is 10.1 Å². The molecule has 2 aromatic rings. The van der Waals surface area contributed by atoms with Gasteiger partial charge in [-0.2, -0.15) is 0 Å². The van der Waals surface area contributed by atoms with Crippen LogP contribution < -0.4 is 9.62 Å². The van der Waals surface area contributed by atoms with E-state index < -0.39 is 16.0 Å². The van der Waals surface area contributed by atoms with Crippen LogP contribution in [-0.4, -0.2) is 39.7 Å². The number of fused-ring (bicyclic) bond motifs is 1. The molecule has 1 aliphatic heterocycles. The summed E-state index contributed by atoms with van der Waals surface area (Å²) in [6.07, 6.45) is 2.63. The molecule has 2 aromatic carbocycles. The minimum atomic E-state index is -3.34. The number of nitrogens with zero attached hydrogens (tertiary/aromatic N) is 1. The van der Waals surface area contributed by atoms with Gasteiger partial charge in [-0.15, -0.1) is 0 Å². The molecule has 1 atom stereocenters. The second-order valence-electron chi connectivity index (χ2n) is 7.39. The first-order valence-corrected chi connectivity index (χ1v) is 11.7. The quantitative estimate of drug-likeness (QED) is 0.682. The Labute approximate surface area is 177 Å². The molecule has 8 heteroatoms. The average Bonchev–Trinajstić information content (AvgIpc) is 3.15. The van der Waals surface area contributed by atoms with Crippen LogP contribution in [0.15, 0.2) is 42.5 Å². The molecule has 1 aliphatic rings. The van der Waals surface area contributed by atoms with E-state index in [1.165, 1.54) is 15.9 Å². The molecule has 1 unspecified atom stereocenters. The van der Waals surface area contributed by atoms with Gasteiger partial charge in [0, 0.05) is 6.54 Å². The molecular formula is C22H26N2O5S. The van der Waals surface area contributed by atoms with Gasteiger partial charge in [0.15, 0.2) is 6.61 Å². The van der Waals surface area contributed by atoms with Gasteiger partial charge in [-0.05, 0) is 54.7 Å². The Morgan fingerprint density at radius 1 is 1.17 bits per heavy atom. The van der Waals surface area contributed by atoms with Crippen molar-refractivity contribution in [3.63, 3.8) is 0 Å². The van der Waals surface area contributed by atoms with Crippen LogP contribution in [0.25, 0.3) is 0 Å². The van der Waals surface area contributed by atoms with Crippen LogP contribution >= 0.6 is 0 Å². The Balaban J connectivity index is 1.56. The molecular weight excluding hydrogens is 404 g/mol. The highest BCUT2D eigenvalue weighted by Gasteiger charge is 2.27. The lowest BCUT2D eigenvalue weighted by Crippen LogP contribution is -2.31. The molecule has 3 rings (SSSR count). The molecule has 0 aliphatic carbocycles. The lowest BCUT2D eigenvalue weighted by Gasteiger charge is -2.16. The van der Waals surface area contributed by atoms with E-state index in [1.807, 2.05) is 31.2 Å². The molecule has 0 aromatic heterocycles. The summed E-state index contributed by atoms with van der Waals surface area (Å²) in [6, 6.07) is 12.5. The SMILES string of the molecule is CCc1ccc(C(C)NC(=O)COC(=O)c2ccc3c(c2)CCN3S(C)(=O)=O)cc1. The van der Waals surface area contributed by atoms with Crippen molar-refractivity contribution in [1.82, 2.24) is 5.32 Å². The standard InChI is InChI=1S/C22H26N2O5S/c1-4-16-5-7-17(8-6-16)15(2)23-21(25)14-29-22(26)19-9-10-20-18(13-19)11-12-24(20)30(3,27)28/h5-10,13,15H,4,11-12,14H2,1-3H3,(H,23,25). The molecule has 0 radical (unpaired) electrons. The number of esters is 1. The molecule has 1 heterocycles. The number of sulfonamides is 1. The van der Waals surface area contributed by atoms with Gasteiger partial charge in [-0.1, -0.05) is 31.2 Å². The van der Waals surface area contributed by atoms with E-state index in [2.05, 4.69) is 12.2 Å². The third kappa shape index (κ3) is 4.99. The van der Waals surface area contributed by atoms with Crippen LogP contribution in [-0.2, 0) is 32.4 Å². The van der Waals surface area contributed by atoms with E-state index in [0.29, 0.717) is 24.2 Å². The topological polar surface area (TPSA) is 92.8 Å².